The zero-order valence-electron chi connectivity index (χ0n) is 18.3. The maximum absolute atomic E-state index is 12.4. The van der Waals surface area contributed by atoms with Crippen molar-refractivity contribution in [2.45, 2.75) is 6.61 Å². The fourth-order valence-corrected chi connectivity index (χ4v) is 3.16. The Kier molecular flexibility index (Phi) is 6.44. The third-order valence-corrected chi connectivity index (χ3v) is 4.64. The molecule has 0 aliphatic carbocycles. The van der Waals surface area contributed by atoms with E-state index in [1.54, 1.807) is 69.1 Å². The lowest BCUT2D eigenvalue weighted by Crippen LogP contribution is -2.17. The number of hydrogen-bond donors (Lipinski definition) is 1. The molecule has 2 aromatic carbocycles. The zero-order valence-corrected chi connectivity index (χ0v) is 18.3. The number of ether oxygens (including phenoxy) is 5. The van der Waals surface area contributed by atoms with Crippen molar-refractivity contribution in [2.24, 2.45) is 0 Å². The van der Waals surface area contributed by atoms with Gasteiger partial charge in [-0.15, -0.1) is 5.10 Å². The molecule has 0 unspecified atom stereocenters. The van der Waals surface area contributed by atoms with Gasteiger partial charge in [0.25, 0.3) is 0 Å². The van der Waals surface area contributed by atoms with Gasteiger partial charge < -0.3 is 23.7 Å². The molecule has 0 radical (unpaired) electrons. The largest absolute Gasteiger partial charge is 0.493 e. The lowest BCUT2D eigenvalue weighted by Gasteiger charge is -2.14. The van der Waals surface area contributed by atoms with E-state index in [1.165, 1.54) is 11.6 Å². The molecule has 4 aromatic rings. The van der Waals surface area contributed by atoms with E-state index >= 15 is 0 Å². The third kappa shape index (κ3) is 4.90. The maximum Gasteiger partial charge on any atom is 0.417 e. The summed E-state index contributed by atoms with van der Waals surface area (Å²) in [7, 11) is 4.63. The molecule has 10 nitrogen and oxygen atoms in total. The summed E-state index contributed by atoms with van der Waals surface area (Å²) in [5, 5.41) is 7.06. The number of hydrogen-bond acceptors (Lipinski definition) is 8. The lowest BCUT2D eigenvalue weighted by molar-refractivity contribution is 0.215. The summed E-state index contributed by atoms with van der Waals surface area (Å²) in [5.74, 6) is 2.20. The molecule has 0 fully saturated rings. The van der Waals surface area contributed by atoms with Gasteiger partial charge in [0.15, 0.2) is 17.1 Å². The highest BCUT2D eigenvalue weighted by molar-refractivity contribution is 5.90. The van der Waals surface area contributed by atoms with Crippen LogP contribution in [0.4, 0.5) is 10.5 Å². The minimum Gasteiger partial charge on any atom is -0.493 e. The van der Waals surface area contributed by atoms with Gasteiger partial charge >= 0.3 is 6.09 Å². The number of imidazole rings is 1. The van der Waals surface area contributed by atoms with Crippen LogP contribution in [0.15, 0.2) is 60.9 Å². The standard InChI is InChI=1S/C23H22N4O6/c1-29-18-11-15(12-19(30-2)21(18)31-3)14-32-20-13-17(22-24-9-10-27(22)26-20)25-23(28)33-16-7-5-4-6-8-16/h4-13H,14H2,1-3H3,(H,25,28). The van der Waals surface area contributed by atoms with Gasteiger partial charge in [-0.2, -0.15) is 0 Å². The molecular weight excluding hydrogens is 428 g/mol. The number of benzene rings is 2. The zero-order chi connectivity index (χ0) is 23.2. The molecule has 0 bridgehead atoms. The molecule has 0 spiro atoms. The van der Waals surface area contributed by atoms with Crippen LogP contribution in [0, 0.1) is 0 Å². The summed E-state index contributed by atoms with van der Waals surface area (Å²) in [4.78, 5) is 16.6. The maximum atomic E-state index is 12.4. The van der Waals surface area contributed by atoms with E-state index in [2.05, 4.69) is 15.4 Å². The molecule has 0 saturated carbocycles. The van der Waals surface area contributed by atoms with Crippen molar-refractivity contribution in [3.8, 4) is 28.9 Å². The number of fused-ring (bicyclic) bond motifs is 1. The van der Waals surface area contributed by atoms with Crippen LogP contribution in [0.5, 0.6) is 28.9 Å². The first-order valence-corrected chi connectivity index (χ1v) is 9.91. The van der Waals surface area contributed by atoms with E-state index < -0.39 is 6.09 Å². The highest BCUT2D eigenvalue weighted by Crippen LogP contribution is 2.38. The van der Waals surface area contributed by atoms with E-state index in [0.29, 0.717) is 34.3 Å². The van der Waals surface area contributed by atoms with Crippen molar-refractivity contribution in [2.75, 3.05) is 26.6 Å². The molecule has 2 aromatic heterocycles. The smallest absolute Gasteiger partial charge is 0.417 e. The van der Waals surface area contributed by atoms with E-state index in [4.69, 9.17) is 23.7 Å². The topological polar surface area (TPSA) is 105 Å². The Morgan fingerprint density at radius 2 is 1.73 bits per heavy atom. The number of nitrogens with zero attached hydrogens (tertiary/aromatic N) is 3. The Balaban J connectivity index is 1.54. The average molecular weight is 450 g/mol. The number of amides is 1. The molecule has 2 heterocycles. The summed E-state index contributed by atoms with van der Waals surface area (Å²) in [6, 6.07) is 13.9. The van der Waals surface area contributed by atoms with Crippen LogP contribution >= 0.6 is 0 Å². The van der Waals surface area contributed by atoms with Crippen LogP contribution in [0.3, 0.4) is 0 Å². The molecule has 10 heteroatoms. The second-order valence-corrected chi connectivity index (χ2v) is 6.74. The minimum absolute atomic E-state index is 0.165. The second-order valence-electron chi connectivity index (χ2n) is 6.74. The van der Waals surface area contributed by atoms with Gasteiger partial charge in [0, 0.05) is 18.5 Å². The Bertz CT molecular complexity index is 1230. The van der Waals surface area contributed by atoms with Crippen LogP contribution in [0.2, 0.25) is 0 Å². The number of carbonyl (C=O) groups excluding carboxylic acids is 1. The van der Waals surface area contributed by atoms with Crippen molar-refractivity contribution < 1.29 is 28.5 Å². The molecule has 170 valence electrons. The van der Waals surface area contributed by atoms with Gasteiger partial charge in [-0.05, 0) is 29.8 Å². The summed E-state index contributed by atoms with van der Waals surface area (Å²) in [6.07, 6.45) is 2.56. The number of rotatable bonds is 8. The lowest BCUT2D eigenvalue weighted by atomic mass is 10.2. The van der Waals surface area contributed by atoms with Crippen molar-refractivity contribution in [1.82, 2.24) is 14.6 Å². The molecular formula is C23H22N4O6. The fourth-order valence-electron chi connectivity index (χ4n) is 3.16. The van der Waals surface area contributed by atoms with Crippen molar-refractivity contribution >= 4 is 17.4 Å². The number of nitrogens with one attached hydrogen (secondary N) is 1. The van der Waals surface area contributed by atoms with Crippen LogP contribution < -0.4 is 29.0 Å². The first-order chi connectivity index (χ1) is 16.1. The van der Waals surface area contributed by atoms with E-state index in [9.17, 15) is 4.79 Å². The number of carbonyl (C=O) groups is 1. The normalized spacial score (nSPS) is 10.5. The van der Waals surface area contributed by atoms with Gasteiger partial charge in [-0.25, -0.2) is 14.3 Å². The van der Waals surface area contributed by atoms with E-state index in [-0.39, 0.29) is 12.5 Å². The Morgan fingerprint density at radius 3 is 2.39 bits per heavy atom. The Hall–Kier alpha value is -4.47. The summed E-state index contributed by atoms with van der Waals surface area (Å²) < 4.78 is 28.8. The van der Waals surface area contributed by atoms with Crippen LogP contribution in [-0.2, 0) is 6.61 Å². The van der Waals surface area contributed by atoms with Crippen LogP contribution in [0.1, 0.15) is 5.56 Å². The quantitative estimate of drug-likeness (QED) is 0.430. The van der Waals surface area contributed by atoms with Gasteiger partial charge in [0.05, 0.1) is 27.0 Å². The molecule has 0 aliphatic rings. The predicted octanol–water partition coefficient (Wildman–Crippen LogP) is 3.95. The number of methoxy groups -OCH3 is 3. The highest BCUT2D eigenvalue weighted by atomic mass is 16.6. The number of aromatic nitrogens is 3. The first-order valence-electron chi connectivity index (χ1n) is 9.91. The first kappa shape index (κ1) is 21.8. The average Bonchev–Trinajstić information content (AvgIpc) is 3.31. The van der Waals surface area contributed by atoms with Gasteiger partial charge in [-0.1, -0.05) is 18.2 Å². The molecule has 0 aliphatic heterocycles. The minimum atomic E-state index is -0.659. The molecule has 0 saturated heterocycles. The summed E-state index contributed by atoms with van der Waals surface area (Å²) in [5.41, 5.74) is 1.60. The van der Waals surface area contributed by atoms with E-state index in [0.717, 1.165) is 5.56 Å². The van der Waals surface area contributed by atoms with E-state index in [1.807, 2.05) is 6.07 Å². The monoisotopic (exact) mass is 450 g/mol. The molecule has 0 atom stereocenters. The number of anilines is 1. The highest BCUT2D eigenvalue weighted by Gasteiger charge is 2.15. The fraction of sp³-hybridized carbons (Fsp3) is 0.174. The molecule has 4 rings (SSSR count). The number of para-hydroxylation sites is 1. The summed E-state index contributed by atoms with van der Waals surface area (Å²) in [6.45, 7) is 0.165. The molecule has 33 heavy (non-hydrogen) atoms. The Labute approximate surface area is 189 Å². The second kappa shape index (κ2) is 9.77. The summed E-state index contributed by atoms with van der Waals surface area (Å²) >= 11 is 0. The van der Waals surface area contributed by atoms with Gasteiger partial charge in [-0.3, -0.25) is 5.32 Å². The molecule has 1 amide bonds. The van der Waals surface area contributed by atoms with Crippen LogP contribution in [0.25, 0.3) is 5.65 Å². The van der Waals surface area contributed by atoms with Crippen molar-refractivity contribution in [3.63, 3.8) is 0 Å². The van der Waals surface area contributed by atoms with Crippen molar-refractivity contribution in [1.29, 1.82) is 0 Å². The van der Waals surface area contributed by atoms with Gasteiger partial charge in [0.2, 0.25) is 11.6 Å². The third-order valence-electron chi connectivity index (χ3n) is 4.64. The Morgan fingerprint density at radius 1 is 1.00 bits per heavy atom. The SMILES string of the molecule is COc1cc(COc2cc(NC(=O)Oc3ccccc3)c3nccn3n2)cc(OC)c1OC. The predicted molar refractivity (Wildman–Crippen MR) is 120 cm³/mol. The van der Waals surface area contributed by atoms with Gasteiger partial charge in [0.1, 0.15) is 12.4 Å². The van der Waals surface area contributed by atoms with Crippen LogP contribution in [-0.4, -0.2) is 42.0 Å². The molecule has 1 N–H and O–H groups in total. The van der Waals surface area contributed by atoms with Crippen molar-refractivity contribution in [3.05, 3.63) is 66.5 Å².